The molecule has 3 fully saturated rings. The lowest BCUT2D eigenvalue weighted by molar-refractivity contribution is -0.0248. The van der Waals surface area contributed by atoms with Crippen LogP contribution < -0.4 is 0 Å². The lowest BCUT2D eigenvalue weighted by Crippen LogP contribution is -2.58. The summed E-state index contributed by atoms with van der Waals surface area (Å²) in [4.78, 5) is 2.50. The van der Waals surface area contributed by atoms with E-state index in [1.54, 1.807) is 0 Å². The molecule has 0 bridgehead atoms. The first-order valence-electron chi connectivity index (χ1n) is 6.67. The lowest BCUT2D eigenvalue weighted by Gasteiger charge is -2.48. The third-order valence-electron chi connectivity index (χ3n) is 4.15. The van der Waals surface area contributed by atoms with E-state index in [4.69, 9.17) is 4.74 Å². The van der Waals surface area contributed by atoms with Gasteiger partial charge >= 0.3 is 0 Å². The third kappa shape index (κ3) is 2.27. The molecule has 2 saturated heterocycles. The second-order valence-electron chi connectivity index (χ2n) is 5.61. The fourth-order valence-corrected chi connectivity index (χ4v) is 2.93. The molecule has 0 aromatic carbocycles. The summed E-state index contributed by atoms with van der Waals surface area (Å²) in [6.45, 7) is 9.83. The van der Waals surface area contributed by atoms with Crippen LogP contribution >= 0.6 is 0 Å². The van der Waals surface area contributed by atoms with Gasteiger partial charge in [0.15, 0.2) is 0 Å². The molecule has 16 heavy (non-hydrogen) atoms. The molecule has 3 rings (SSSR count). The van der Waals surface area contributed by atoms with Crippen molar-refractivity contribution < 1.29 is 9.84 Å². The molecule has 3 aliphatic rings. The Morgan fingerprint density at radius 2 is 1.88 bits per heavy atom. The predicted molar refractivity (Wildman–Crippen MR) is 64.4 cm³/mol. The Labute approximate surface area is 98.8 Å². The number of aliphatic hydroxyl groups excluding tert-OH is 1. The molecule has 0 amide bonds. The van der Waals surface area contributed by atoms with Crippen molar-refractivity contribution in [2.24, 2.45) is 10.8 Å². The van der Waals surface area contributed by atoms with Gasteiger partial charge in [0, 0.05) is 43.7 Å². The average Bonchev–Trinajstić information content (AvgIpc) is 2.88. The Morgan fingerprint density at radius 3 is 2.31 bits per heavy atom. The molecule has 1 N–H and O–H groups in total. The molecule has 0 radical (unpaired) electrons. The highest BCUT2D eigenvalue weighted by atomic mass is 16.5. The molecular formula is C13H25NO2. The Kier molecular flexibility index (Phi) is 3.57. The predicted octanol–water partition coefficient (Wildman–Crippen LogP) is 1.51. The maximum Gasteiger partial charge on any atom is 0.0547 e. The normalized spacial score (nSPS) is 29.4. The fraction of sp³-hybridized carbons (Fsp3) is 1.00. The minimum atomic E-state index is 0.293. The maximum absolute atomic E-state index is 9.23. The van der Waals surface area contributed by atoms with Crippen LogP contribution in [0.1, 0.15) is 33.1 Å². The Morgan fingerprint density at radius 1 is 1.19 bits per heavy atom. The zero-order valence-electron chi connectivity index (χ0n) is 10.7. The standard InChI is InChI=1S/C11H19NO2.C2H6/c13-8-10(1-2-10)5-12-6-11(7-12)3-4-14-9-11;1-2/h13H,1-9H2;1-2H3. The molecule has 0 aromatic rings. The van der Waals surface area contributed by atoms with E-state index in [2.05, 4.69) is 4.90 Å². The summed E-state index contributed by atoms with van der Waals surface area (Å²) in [7, 11) is 0. The largest absolute Gasteiger partial charge is 0.396 e. The van der Waals surface area contributed by atoms with Crippen LogP contribution in [-0.2, 0) is 4.74 Å². The Balaban J connectivity index is 0.000000457. The molecule has 2 aliphatic heterocycles. The second-order valence-corrected chi connectivity index (χ2v) is 5.61. The third-order valence-corrected chi connectivity index (χ3v) is 4.15. The Hall–Kier alpha value is -0.120. The van der Waals surface area contributed by atoms with E-state index in [0.717, 1.165) is 19.8 Å². The molecule has 0 atom stereocenters. The van der Waals surface area contributed by atoms with Gasteiger partial charge in [-0.15, -0.1) is 0 Å². The molecule has 94 valence electrons. The smallest absolute Gasteiger partial charge is 0.0547 e. The van der Waals surface area contributed by atoms with E-state index in [1.807, 2.05) is 13.8 Å². The van der Waals surface area contributed by atoms with Crippen LogP contribution in [0.25, 0.3) is 0 Å². The van der Waals surface area contributed by atoms with Crippen molar-refractivity contribution in [1.29, 1.82) is 0 Å². The fourth-order valence-electron chi connectivity index (χ4n) is 2.93. The minimum absolute atomic E-state index is 0.293. The zero-order valence-corrected chi connectivity index (χ0v) is 10.7. The number of aliphatic hydroxyl groups is 1. The van der Waals surface area contributed by atoms with Crippen LogP contribution in [0.2, 0.25) is 0 Å². The van der Waals surface area contributed by atoms with E-state index in [9.17, 15) is 5.11 Å². The van der Waals surface area contributed by atoms with Crippen LogP contribution in [0.3, 0.4) is 0 Å². The average molecular weight is 227 g/mol. The summed E-state index contributed by atoms with van der Waals surface area (Å²) in [5.41, 5.74) is 0.798. The van der Waals surface area contributed by atoms with Crippen molar-refractivity contribution in [1.82, 2.24) is 4.90 Å². The highest BCUT2D eigenvalue weighted by Gasteiger charge is 2.50. The molecular weight excluding hydrogens is 202 g/mol. The summed E-state index contributed by atoms with van der Waals surface area (Å²) in [5.74, 6) is 0. The van der Waals surface area contributed by atoms with Gasteiger partial charge in [-0.1, -0.05) is 13.8 Å². The van der Waals surface area contributed by atoms with Crippen molar-refractivity contribution in [3.8, 4) is 0 Å². The second kappa shape index (κ2) is 4.63. The van der Waals surface area contributed by atoms with Gasteiger partial charge in [0.25, 0.3) is 0 Å². The first kappa shape index (κ1) is 12.3. The molecule has 3 heteroatoms. The molecule has 1 spiro atoms. The zero-order chi connectivity index (χ0) is 11.6. The molecule has 0 unspecified atom stereocenters. The van der Waals surface area contributed by atoms with Gasteiger partial charge in [0.2, 0.25) is 0 Å². The van der Waals surface area contributed by atoms with Crippen LogP contribution in [0, 0.1) is 10.8 Å². The van der Waals surface area contributed by atoms with E-state index >= 15 is 0 Å². The molecule has 1 saturated carbocycles. The van der Waals surface area contributed by atoms with Crippen molar-refractivity contribution in [3.05, 3.63) is 0 Å². The van der Waals surface area contributed by atoms with Crippen molar-refractivity contribution in [2.75, 3.05) is 39.5 Å². The molecule has 3 nitrogen and oxygen atoms in total. The monoisotopic (exact) mass is 227 g/mol. The summed E-state index contributed by atoms with van der Waals surface area (Å²) < 4.78 is 5.45. The Bertz CT molecular complexity index is 224. The van der Waals surface area contributed by atoms with Crippen LogP contribution in [0.5, 0.6) is 0 Å². The molecule has 0 aromatic heterocycles. The molecule has 2 heterocycles. The lowest BCUT2D eigenvalue weighted by atomic mass is 9.78. The van der Waals surface area contributed by atoms with E-state index in [0.29, 0.717) is 17.4 Å². The van der Waals surface area contributed by atoms with Gasteiger partial charge in [-0.3, -0.25) is 0 Å². The van der Waals surface area contributed by atoms with Gasteiger partial charge in [-0.25, -0.2) is 0 Å². The van der Waals surface area contributed by atoms with Gasteiger partial charge in [0.1, 0.15) is 0 Å². The number of hydrogen-bond donors (Lipinski definition) is 1. The first-order valence-corrected chi connectivity index (χ1v) is 6.67. The quantitative estimate of drug-likeness (QED) is 0.793. The van der Waals surface area contributed by atoms with Gasteiger partial charge in [-0.05, 0) is 19.3 Å². The summed E-state index contributed by atoms with van der Waals surface area (Å²) >= 11 is 0. The number of ether oxygens (including phenoxy) is 1. The van der Waals surface area contributed by atoms with Crippen LogP contribution in [-0.4, -0.2) is 49.5 Å². The number of nitrogens with zero attached hydrogens (tertiary/aromatic N) is 1. The summed E-state index contributed by atoms with van der Waals surface area (Å²) in [6.07, 6.45) is 3.70. The van der Waals surface area contributed by atoms with E-state index in [1.165, 1.54) is 32.4 Å². The van der Waals surface area contributed by atoms with Crippen molar-refractivity contribution in [3.63, 3.8) is 0 Å². The van der Waals surface area contributed by atoms with Crippen molar-refractivity contribution in [2.45, 2.75) is 33.1 Å². The van der Waals surface area contributed by atoms with Gasteiger partial charge in [-0.2, -0.15) is 0 Å². The highest BCUT2D eigenvalue weighted by Crippen LogP contribution is 2.48. The van der Waals surface area contributed by atoms with Gasteiger partial charge in [0.05, 0.1) is 6.61 Å². The van der Waals surface area contributed by atoms with Crippen molar-refractivity contribution >= 4 is 0 Å². The minimum Gasteiger partial charge on any atom is -0.396 e. The maximum atomic E-state index is 9.23. The van der Waals surface area contributed by atoms with Gasteiger partial charge < -0.3 is 14.7 Å². The first-order chi connectivity index (χ1) is 7.76. The van der Waals surface area contributed by atoms with Crippen LogP contribution in [0.4, 0.5) is 0 Å². The highest BCUT2D eigenvalue weighted by molar-refractivity contribution is 5.02. The number of rotatable bonds is 3. The molecule has 1 aliphatic carbocycles. The SMILES string of the molecule is CC.OCC1(CN2CC3(CCOC3)C2)CC1. The van der Waals surface area contributed by atoms with Crippen LogP contribution in [0.15, 0.2) is 0 Å². The van der Waals surface area contributed by atoms with E-state index in [-0.39, 0.29) is 0 Å². The summed E-state index contributed by atoms with van der Waals surface area (Å²) in [5, 5.41) is 9.23. The number of hydrogen-bond acceptors (Lipinski definition) is 3. The number of likely N-dealkylation sites (tertiary alicyclic amines) is 1. The topological polar surface area (TPSA) is 32.7 Å². The summed E-state index contributed by atoms with van der Waals surface area (Å²) in [6, 6.07) is 0. The van der Waals surface area contributed by atoms with E-state index < -0.39 is 0 Å².